The van der Waals surface area contributed by atoms with Gasteiger partial charge in [0, 0.05) is 93.2 Å². The Balaban J connectivity index is 0.818. The number of methoxy groups -OCH3 is 1. The number of sulfonamides is 1. The van der Waals surface area contributed by atoms with Crippen LogP contribution in [0.15, 0.2) is 102 Å². The van der Waals surface area contributed by atoms with Gasteiger partial charge in [0.05, 0.1) is 45.8 Å². The summed E-state index contributed by atoms with van der Waals surface area (Å²) in [6, 6.07) is 25.5. The van der Waals surface area contributed by atoms with E-state index in [1.807, 2.05) is 19.1 Å². The minimum absolute atomic E-state index is 0.00296. The quantitative estimate of drug-likeness (QED) is 0.0595. The van der Waals surface area contributed by atoms with Crippen molar-refractivity contribution in [3.8, 4) is 23.1 Å². The van der Waals surface area contributed by atoms with Crippen LogP contribution in [-0.2, 0) is 23.0 Å². The number of hydrogen-bond acceptors (Lipinski definition) is 14. The Hall–Kier alpha value is -6.84. The van der Waals surface area contributed by atoms with Crippen molar-refractivity contribution in [1.29, 1.82) is 0 Å². The van der Waals surface area contributed by atoms with E-state index in [-0.39, 0.29) is 74.0 Å². The Labute approximate surface area is 477 Å². The minimum Gasteiger partial charge on any atom is -0.758 e. The number of allylic oxidation sites excluding steroid dienone is 1. The molecule has 0 unspecified atom stereocenters. The number of carbonyl (C=O) groups is 1. The van der Waals surface area contributed by atoms with E-state index in [4.69, 9.17) is 9.47 Å². The number of pyridine rings is 1. The first-order valence-corrected chi connectivity index (χ1v) is 29.9. The molecule has 1 atom stereocenters. The summed E-state index contributed by atoms with van der Waals surface area (Å²) in [5.74, 6) is -0.673. The molecule has 11 rings (SSSR count). The summed E-state index contributed by atoms with van der Waals surface area (Å²) >= 11 is 0. The van der Waals surface area contributed by atoms with E-state index in [9.17, 15) is 32.3 Å². The van der Waals surface area contributed by atoms with Crippen molar-refractivity contribution < 1.29 is 45.7 Å². The predicted molar refractivity (Wildman–Crippen MR) is 311 cm³/mol. The molecule has 16 nitrogen and oxygen atoms in total. The normalized spacial score (nSPS) is 21.4. The van der Waals surface area contributed by atoms with Crippen molar-refractivity contribution in [3.63, 3.8) is 0 Å². The monoisotopic (exact) mass is 1150 g/mol. The number of ether oxygens (including phenoxy) is 3. The number of hydrogen-bond donors (Lipinski definition) is 4. The number of amides is 1. The van der Waals surface area contributed by atoms with Crippen LogP contribution in [-0.4, -0.2) is 111 Å². The summed E-state index contributed by atoms with van der Waals surface area (Å²) in [5, 5.41) is 27.9. The smallest absolute Gasteiger partial charge is 0.387 e. The molecule has 0 radical (unpaired) electrons. The van der Waals surface area contributed by atoms with Gasteiger partial charge in [0.15, 0.2) is 5.75 Å². The molecule has 4 heterocycles. The predicted octanol–water partition coefficient (Wildman–Crippen LogP) is 11.7. The Morgan fingerprint density at radius 2 is 1.71 bits per heavy atom. The standard InChI is InChI=1S/C62H72F3N8O8S/c1-38(2)44-8-6-7-9-45(44)52-37-71(36-40-10-13-43(14-11-40)80-60(64)65)28-29-73(52)42-33-62(34-42)23-26-72(27-24-62)41-12-15-46(53(30-41)81-54-31-48-49(63)16-17-50(48)68-59(54)79-5)58(74)69-82(77,78)55-32-51(70(4)76)57(56-47(55)20-25-66-56)67-35-39-18-21-61(3,75)22-19-39/h6-16,20,25,30-32,38-39,42,52,60,66-67,75H,17-19,21-24,26-29,33-37H2,1-5H3,(H,69,74)/q-1/t39?,52-,61?/m0/s1. The molecule has 4 aromatic carbocycles. The third-order valence-corrected chi connectivity index (χ3v) is 19.2. The molecule has 3 aliphatic carbocycles. The highest BCUT2D eigenvalue weighted by Crippen LogP contribution is 2.54. The number of hydroxylamine groups is 1. The molecule has 2 aliphatic heterocycles. The van der Waals surface area contributed by atoms with Gasteiger partial charge in [-0.25, -0.2) is 22.5 Å². The fraction of sp³-hybridized carbons (Fsp3) is 0.452. The number of benzene rings is 4. The highest BCUT2D eigenvalue weighted by Gasteiger charge is 2.50. The van der Waals surface area contributed by atoms with Crippen molar-refractivity contribution in [2.45, 2.75) is 120 Å². The van der Waals surface area contributed by atoms with Gasteiger partial charge in [-0.05, 0) is 148 Å². The summed E-state index contributed by atoms with van der Waals surface area (Å²) < 4.78 is 88.9. The number of nitrogens with one attached hydrogen (secondary N) is 3. The first kappa shape index (κ1) is 57.0. The van der Waals surface area contributed by atoms with Crippen molar-refractivity contribution in [2.75, 3.05) is 68.7 Å². The fourth-order valence-electron chi connectivity index (χ4n) is 13.2. The van der Waals surface area contributed by atoms with Crippen molar-refractivity contribution in [2.24, 2.45) is 11.3 Å². The van der Waals surface area contributed by atoms with E-state index in [0.717, 1.165) is 82.5 Å². The zero-order valence-electron chi connectivity index (χ0n) is 47.0. The summed E-state index contributed by atoms with van der Waals surface area (Å²) in [4.78, 5) is 29.3. The minimum atomic E-state index is -4.67. The largest absolute Gasteiger partial charge is 0.758 e. The summed E-state index contributed by atoms with van der Waals surface area (Å²) in [5.41, 5.74) is 5.30. The van der Waals surface area contributed by atoms with Gasteiger partial charge in [-0.15, -0.1) is 0 Å². The molecule has 1 spiro atoms. The lowest BCUT2D eigenvalue weighted by Crippen LogP contribution is -2.60. The van der Waals surface area contributed by atoms with Gasteiger partial charge in [-0.2, -0.15) is 8.78 Å². The highest BCUT2D eigenvalue weighted by molar-refractivity contribution is 7.90. The van der Waals surface area contributed by atoms with Crippen LogP contribution in [0.4, 0.5) is 30.2 Å². The topological polar surface area (TPSA) is 188 Å². The lowest BCUT2D eigenvalue weighted by atomic mass is 9.59. The van der Waals surface area contributed by atoms with Gasteiger partial charge >= 0.3 is 6.61 Å². The molecule has 20 heteroatoms. The second-order valence-corrected chi connectivity index (χ2v) is 25.3. The molecule has 6 aromatic rings. The summed E-state index contributed by atoms with van der Waals surface area (Å²) in [6.45, 7) is 8.65. The Morgan fingerprint density at radius 1 is 0.963 bits per heavy atom. The van der Waals surface area contributed by atoms with E-state index >= 15 is 4.39 Å². The molecule has 4 fully saturated rings. The van der Waals surface area contributed by atoms with E-state index < -0.39 is 34.0 Å². The number of aliphatic hydroxyl groups is 1. The van der Waals surface area contributed by atoms with Crippen LogP contribution < -0.4 is 34.2 Å². The number of piperidine rings is 1. The van der Waals surface area contributed by atoms with Crippen LogP contribution in [0.3, 0.4) is 0 Å². The number of fused-ring (bicyclic) bond motifs is 2. The number of piperazine rings is 1. The molecular weight excluding hydrogens is 1070 g/mol. The first-order chi connectivity index (χ1) is 39.3. The molecule has 0 bridgehead atoms. The van der Waals surface area contributed by atoms with Gasteiger partial charge in [-0.1, -0.05) is 50.2 Å². The molecule has 2 saturated heterocycles. The number of halogens is 3. The van der Waals surface area contributed by atoms with Crippen LogP contribution in [0.1, 0.15) is 122 Å². The third-order valence-electron chi connectivity index (χ3n) is 17.8. The molecule has 82 heavy (non-hydrogen) atoms. The second kappa shape index (κ2) is 23.1. The van der Waals surface area contributed by atoms with Gasteiger partial charge in [-0.3, -0.25) is 14.6 Å². The van der Waals surface area contributed by atoms with Crippen LogP contribution in [0.25, 0.3) is 16.7 Å². The van der Waals surface area contributed by atoms with Crippen molar-refractivity contribution in [3.05, 3.63) is 136 Å². The first-order valence-electron chi connectivity index (χ1n) is 28.5. The molecule has 4 N–H and O–H groups in total. The second-order valence-electron chi connectivity index (χ2n) is 23.7. The maximum atomic E-state index is 15.1. The number of anilines is 3. The lowest BCUT2D eigenvalue weighted by Gasteiger charge is -2.58. The number of aromatic amines is 1. The van der Waals surface area contributed by atoms with Gasteiger partial charge in [0.1, 0.15) is 17.3 Å². The number of aromatic nitrogens is 2. The molecule has 2 saturated carbocycles. The van der Waals surface area contributed by atoms with Crippen molar-refractivity contribution >= 4 is 49.7 Å². The van der Waals surface area contributed by atoms with E-state index in [1.54, 1.807) is 36.5 Å². The van der Waals surface area contributed by atoms with E-state index in [2.05, 4.69) is 77.6 Å². The molecular formula is C62H72F3N8O8S-. The molecule has 1 amide bonds. The summed E-state index contributed by atoms with van der Waals surface area (Å²) in [6.07, 6.45) is 10.1. The zero-order valence-corrected chi connectivity index (χ0v) is 47.8. The maximum Gasteiger partial charge on any atom is 0.387 e. The van der Waals surface area contributed by atoms with Gasteiger partial charge < -0.3 is 44.8 Å². The third kappa shape index (κ3) is 11.9. The molecule has 2 aromatic heterocycles. The molecule has 5 aliphatic rings. The average molecular weight is 1150 g/mol. The molecule has 436 valence electrons. The lowest BCUT2D eigenvalue weighted by molar-refractivity contribution is -0.0628. The zero-order chi connectivity index (χ0) is 57.7. The van der Waals surface area contributed by atoms with Gasteiger partial charge in [0.25, 0.3) is 21.8 Å². The van der Waals surface area contributed by atoms with Crippen LogP contribution in [0.5, 0.6) is 23.1 Å². The van der Waals surface area contributed by atoms with E-state index in [1.165, 1.54) is 49.6 Å². The SMILES string of the molecule is COc1nc2c(cc1Oc1cc(N3CCC4(CC3)CC(N3CCN(Cc5ccc(OC(F)F)cc5)C[C@H]3c3ccccc3C(C)C)C4)ccc1C(=O)NS(=O)(=O)c1cc(N(C)[O-])c(NCC3CCC(C)(O)CC3)c3[nH]ccc13)C(F)=CC2. The van der Waals surface area contributed by atoms with E-state index in [0.29, 0.717) is 59.9 Å². The number of H-pyrrole nitrogens is 1. The van der Waals surface area contributed by atoms with Crippen molar-refractivity contribution in [1.82, 2.24) is 24.5 Å². The van der Waals surface area contributed by atoms with Gasteiger partial charge in [0.2, 0.25) is 0 Å². The van der Waals surface area contributed by atoms with Crippen LogP contribution in [0.2, 0.25) is 0 Å². The van der Waals surface area contributed by atoms with Crippen LogP contribution >= 0.6 is 0 Å². The number of nitrogens with zero attached hydrogens (tertiary/aromatic N) is 5. The van der Waals surface area contributed by atoms with Crippen LogP contribution in [0, 0.1) is 16.5 Å². The number of alkyl halides is 2. The Bertz CT molecular complexity index is 3460. The number of rotatable bonds is 18. The maximum absolute atomic E-state index is 15.1. The summed E-state index contributed by atoms with van der Waals surface area (Å²) in [7, 11) is -1.98. The fourth-order valence-corrected chi connectivity index (χ4v) is 14.4. The highest BCUT2D eigenvalue weighted by atomic mass is 32.2. The Kier molecular flexibility index (Phi) is 16.0. The Morgan fingerprint density at radius 3 is 2.41 bits per heavy atom. The average Bonchev–Trinajstić information content (AvgIpc) is 2.84. The number of carbonyl (C=O) groups excluding carboxylic acids is 1.